The number of nitrogens with two attached hydrogens (primary N) is 1. The summed E-state index contributed by atoms with van der Waals surface area (Å²) in [6, 6.07) is -2.59. The molecule has 0 aliphatic heterocycles. The lowest BCUT2D eigenvalue weighted by atomic mass is 10.1. The highest BCUT2D eigenvalue weighted by molar-refractivity contribution is 7.99. The first-order valence-electron chi connectivity index (χ1n) is 13.4. The summed E-state index contributed by atoms with van der Waals surface area (Å²) in [6.45, 7) is 1.50. The van der Waals surface area contributed by atoms with Gasteiger partial charge in [-0.05, 0) is 13.3 Å². The average Bonchev–Trinajstić information content (AvgIpc) is 3.16. The van der Waals surface area contributed by atoms with E-state index in [2.05, 4.69) is 16.0 Å². The van der Waals surface area contributed by atoms with Gasteiger partial charge in [-0.25, -0.2) is 0 Å². The molecule has 0 spiro atoms. The number of amides is 3. The van der Waals surface area contributed by atoms with E-state index in [4.69, 9.17) is 30.5 Å². The molecule has 248 valence electrons. The molecule has 2 atom stereocenters. The molecule has 0 aliphatic carbocycles. The Balaban J connectivity index is 2.68. The van der Waals surface area contributed by atoms with Gasteiger partial charge >= 0.3 is 17.9 Å². The Morgan fingerprint density at radius 2 is 1.52 bits per heavy atom. The van der Waals surface area contributed by atoms with Crippen molar-refractivity contribution in [3.8, 4) is 11.8 Å². The first kappa shape index (κ1) is 38.0. The van der Waals surface area contributed by atoms with Crippen molar-refractivity contribution in [3.05, 3.63) is 5.56 Å². The van der Waals surface area contributed by atoms with Crippen LogP contribution in [0.2, 0.25) is 0 Å². The number of thioether (sulfide) groups is 1. The molecular weight excluding hydrogens is 610 g/mol. The van der Waals surface area contributed by atoms with Gasteiger partial charge in [0.25, 0.3) is 0 Å². The highest BCUT2D eigenvalue weighted by atomic mass is 32.2. The second-order valence-electron chi connectivity index (χ2n) is 9.25. The van der Waals surface area contributed by atoms with Crippen molar-refractivity contribution in [1.82, 2.24) is 20.5 Å². The first-order chi connectivity index (χ1) is 20.7. The van der Waals surface area contributed by atoms with Gasteiger partial charge in [-0.3, -0.25) is 33.3 Å². The number of carbonyl (C=O) groups excluding carboxylic acids is 3. The van der Waals surface area contributed by atoms with Crippen molar-refractivity contribution in [1.29, 1.82) is 0 Å². The first-order valence-corrected chi connectivity index (χ1v) is 14.4. The van der Waals surface area contributed by atoms with E-state index in [1.54, 1.807) is 0 Å². The van der Waals surface area contributed by atoms with E-state index in [-0.39, 0.29) is 87.3 Å². The summed E-state index contributed by atoms with van der Waals surface area (Å²) < 4.78 is 11.4. The number of nitrogens with one attached hydrogen (secondary N) is 3. The predicted molar refractivity (Wildman–Crippen MR) is 152 cm³/mol. The number of hydrogen-bond donors (Lipinski definition) is 9. The van der Waals surface area contributed by atoms with Crippen molar-refractivity contribution in [2.45, 2.75) is 56.1 Å². The van der Waals surface area contributed by atoms with Crippen LogP contribution in [0.25, 0.3) is 0 Å². The number of carboxylic acids is 3. The molecule has 1 heterocycles. The number of aromatic hydroxyl groups is 2. The largest absolute Gasteiger partial charge is 0.494 e. The van der Waals surface area contributed by atoms with Gasteiger partial charge in [-0.2, -0.15) is 0 Å². The zero-order valence-electron chi connectivity index (χ0n) is 24.1. The van der Waals surface area contributed by atoms with Crippen LogP contribution in [-0.4, -0.2) is 123 Å². The molecule has 1 rings (SSSR count). The van der Waals surface area contributed by atoms with Crippen LogP contribution in [0.15, 0.2) is 4.90 Å². The molecule has 18 nitrogen and oxygen atoms in total. The summed E-state index contributed by atoms with van der Waals surface area (Å²) in [5.74, 6) is -6.48. The molecule has 0 saturated heterocycles. The SMILES string of the molecule is Cc1c(SCC(NC(=O)CCC(N)C(=O)O)C(=O)NCC(=O)O)c(O)n(CCC(=O)NCCOCCOCCC(=O)O)c1O. The summed E-state index contributed by atoms with van der Waals surface area (Å²) in [7, 11) is 0. The van der Waals surface area contributed by atoms with Gasteiger partial charge in [0.15, 0.2) is 5.88 Å². The lowest BCUT2D eigenvalue weighted by Crippen LogP contribution is -2.49. The number of carbonyl (C=O) groups is 6. The van der Waals surface area contributed by atoms with E-state index in [0.29, 0.717) is 0 Å². The molecule has 3 amide bonds. The van der Waals surface area contributed by atoms with Gasteiger partial charge in [0.1, 0.15) is 18.6 Å². The van der Waals surface area contributed by atoms with E-state index in [1.165, 1.54) is 6.92 Å². The van der Waals surface area contributed by atoms with E-state index < -0.39 is 60.1 Å². The van der Waals surface area contributed by atoms with Crippen LogP contribution in [0, 0.1) is 6.92 Å². The molecule has 2 unspecified atom stereocenters. The van der Waals surface area contributed by atoms with Crippen molar-refractivity contribution in [3.63, 3.8) is 0 Å². The Morgan fingerprint density at radius 1 is 0.864 bits per heavy atom. The molecule has 1 aromatic rings. The summed E-state index contributed by atoms with van der Waals surface area (Å²) in [6.07, 6.45) is -0.758. The number of rotatable bonds is 23. The third-order valence-electron chi connectivity index (χ3n) is 5.81. The van der Waals surface area contributed by atoms with E-state index >= 15 is 0 Å². The van der Waals surface area contributed by atoms with Crippen molar-refractivity contribution < 1.29 is 63.8 Å². The Bertz CT molecular complexity index is 1160. The fourth-order valence-electron chi connectivity index (χ4n) is 3.44. The van der Waals surface area contributed by atoms with Crippen LogP contribution in [0.4, 0.5) is 0 Å². The fourth-order valence-corrected chi connectivity index (χ4v) is 4.55. The topological polar surface area (TPSA) is 289 Å². The van der Waals surface area contributed by atoms with Gasteiger partial charge < -0.3 is 56.7 Å². The summed E-state index contributed by atoms with van der Waals surface area (Å²) >= 11 is 0.884. The summed E-state index contributed by atoms with van der Waals surface area (Å²) in [5, 5.41) is 54.7. The number of aromatic nitrogens is 1. The highest BCUT2D eigenvalue weighted by Crippen LogP contribution is 2.40. The molecule has 0 saturated carbocycles. The molecule has 10 N–H and O–H groups in total. The van der Waals surface area contributed by atoms with Crippen LogP contribution >= 0.6 is 11.8 Å². The number of hydrogen-bond acceptors (Lipinski definition) is 12. The van der Waals surface area contributed by atoms with Crippen LogP contribution in [0.3, 0.4) is 0 Å². The third kappa shape index (κ3) is 14.4. The summed E-state index contributed by atoms with van der Waals surface area (Å²) in [4.78, 5) is 69.4. The number of ether oxygens (including phenoxy) is 2. The second kappa shape index (κ2) is 20.0. The van der Waals surface area contributed by atoms with Crippen LogP contribution in [0.1, 0.15) is 31.2 Å². The Morgan fingerprint density at radius 3 is 2.14 bits per heavy atom. The molecule has 1 aromatic heterocycles. The lowest BCUT2D eigenvalue weighted by molar-refractivity contribution is -0.139. The predicted octanol–water partition coefficient (Wildman–Crippen LogP) is -1.81. The number of nitrogens with zero attached hydrogens (tertiary/aromatic N) is 1. The van der Waals surface area contributed by atoms with Crippen LogP contribution in [0.5, 0.6) is 11.8 Å². The van der Waals surface area contributed by atoms with E-state index in [0.717, 1.165) is 16.3 Å². The maximum Gasteiger partial charge on any atom is 0.322 e. The Kier molecular flexibility index (Phi) is 17.2. The quantitative estimate of drug-likeness (QED) is 0.0466. The minimum atomic E-state index is -1.32. The number of carboxylic acid groups (broad SMARTS) is 3. The molecular formula is C25H39N5O13S. The molecule has 0 fully saturated rings. The minimum absolute atomic E-state index is 0.0687. The van der Waals surface area contributed by atoms with Gasteiger partial charge in [-0.1, -0.05) is 0 Å². The molecule has 0 radical (unpaired) electrons. The molecule has 0 aromatic carbocycles. The van der Waals surface area contributed by atoms with Crippen molar-refractivity contribution in [2.24, 2.45) is 5.73 Å². The highest BCUT2D eigenvalue weighted by Gasteiger charge is 2.26. The van der Waals surface area contributed by atoms with Gasteiger partial charge in [0.2, 0.25) is 23.6 Å². The third-order valence-corrected chi connectivity index (χ3v) is 7.09. The molecule has 44 heavy (non-hydrogen) atoms. The minimum Gasteiger partial charge on any atom is -0.494 e. The van der Waals surface area contributed by atoms with Gasteiger partial charge in [0.05, 0.1) is 37.7 Å². The Hall–Kier alpha value is -4.07. The monoisotopic (exact) mass is 649 g/mol. The van der Waals surface area contributed by atoms with Crippen molar-refractivity contribution in [2.75, 3.05) is 45.3 Å². The van der Waals surface area contributed by atoms with E-state index in [1.807, 2.05) is 0 Å². The molecule has 0 aliphatic rings. The van der Waals surface area contributed by atoms with Crippen LogP contribution in [-0.2, 0) is 44.8 Å². The summed E-state index contributed by atoms with van der Waals surface area (Å²) in [5.41, 5.74) is 5.63. The Labute approximate surface area is 256 Å². The van der Waals surface area contributed by atoms with Crippen molar-refractivity contribution >= 4 is 47.4 Å². The molecule has 19 heteroatoms. The smallest absolute Gasteiger partial charge is 0.322 e. The number of aliphatic carboxylic acids is 3. The lowest BCUT2D eigenvalue weighted by Gasteiger charge is -2.18. The fraction of sp³-hybridized carbons (Fsp3) is 0.600. The zero-order valence-corrected chi connectivity index (χ0v) is 24.9. The zero-order chi connectivity index (χ0) is 33.2. The maximum atomic E-state index is 12.6. The maximum absolute atomic E-state index is 12.6. The standard InChI is InChI=1S/C25H39N5O13S/c1-14-21(44-13-16(22(37)28-12-20(35)36)29-18(32)3-2-15(26)25(40)41)24(39)30(23(14)38)7-4-17(31)27-6-9-43-11-10-42-8-5-19(33)34/h15-16,38-39H,2-13,26H2,1H3,(H,27,31)(H,28,37)(H,29,32)(H,33,34)(H,35,36)(H,40,41). The normalized spacial score (nSPS) is 12.2. The van der Waals surface area contributed by atoms with Gasteiger partial charge in [-0.15, -0.1) is 11.8 Å². The average molecular weight is 650 g/mol. The van der Waals surface area contributed by atoms with E-state index in [9.17, 15) is 39.0 Å². The van der Waals surface area contributed by atoms with Gasteiger partial charge in [0, 0.05) is 37.2 Å². The van der Waals surface area contributed by atoms with Crippen LogP contribution < -0.4 is 21.7 Å². The molecule has 0 bridgehead atoms. The second-order valence-corrected chi connectivity index (χ2v) is 10.3.